The van der Waals surface area contributed by atoms with Gasteiger partial charge >= 0.3 is 57.4 Å². The molecule has 6 nitrogen and oxygen atoms in total. The van der Waals surface area contributed by atoms with E-state index in [0.29, 0.717) is 6.42 Å². The van der Waals surface area contributed by atoms with Crippen molar-refractivity contribution < 1.29 is 76.0 Å². The van der Waals surface area contributed by atoms with E-state index >= 15 is 0 Å². The molecule has 0 radical (unpaired) electrons. The Bertz CT molecular complexity index is 360. The largest absolute Gasteiger partial charge is 1.00 e. The van der Waals surface area contributed by atoms with E-state index in [1.807, 2.05) is 0 Å². The fourth-order valence-corrected chi connectivity index (χ4v) is 2.65. The minimum Gasteiger partial charge on any atom is -0.548 e. The summed E-state index contributed by atoms with van der Waals surface area (Å²) in [5.41, 5.74) is 0. The molecule has 0 aromatic heterocycles. The van der Waals surface area contributed by atoms with Crippen molar-refractivity contribution in [1.29, 1.82) is 0 Å². The van der Waals surface area contributed by atoms with E-state index in [9.17, 15) is 19.5 Å². The summed E-state index contributed by atoms with van der Waals surface area (Å²) in [5, 5.41) is 19.3. The zero-order chi connectivity index (χ0) is 18.2. The average molecular weight is 382 g/mol. The molecule has 0 aromatic carbocycles. The second-order valence-corrected chi connectivity index (χ2v) is 6.30. The van der Waals surface area contributed by atoms with Gasteiger partial charge in [0.25, 0.3) is 0 Å². The van der Waals surface area contributed by atoms with Crippen molar-refractivity contribution in [2.75, 3.05) is 13.1 Å². The van der Waals surface area contributed by atoms with Crippen molar-refractivity contribution in [3.63, 3.8) is 0 Å². The zero-order valence-electron chi connectivity index (χ0n) is 15.9. The molecule has 0 bridgehead atoms. The van der Waals surface area contributed by atoms with E-state index in [1.165, 1.54) is 44.9 Å². The number of unbranched alkanes of at least 4 members (excludes halogenated alkanes) is 10. The Morgan fingerprint density at radius 1 is 0.800 bits per heavy atom. The Kier molecular flexibility index (Phi) is 20.5. The van der Waals surface area contributed by atoms with Crippen molar-refractivity contribution >= 4 is 17.8 Å². The maximum Gasteiger partial charge on any atom is 1.00 e. The molecule has 0 spiro atoms. The van der Waals surface area contributed by atoms with Crippen LogP contribution >= 0.6 is 0 Å². The van der Waals surface area contributed by atoms with Crippen molar-refractivity contribution in [3.8, 4) is 0 Å². The summed E-state index contributed by atoms with van der Waals surface area (Å²) in [6.07, 6.45) is 13.0. The molecule has 0 unspecified atom stereocenters. The monoisotopic (exact) mass is 381 g/mol. The van der Waals surface area contributed by atoms with Crippen LogP contribution in [0.25, 0.3) is 0 Å². The molecule has 0 saturated carbocycles. The van der Waals surface area contributed by atoms with Crippen molar-refractivity contribution in [2.45, 2.75) is 84.0 Å². The van der Waals surface area contributed by atoms with Gasteiger partial charge in [-0.05, 0) is 6.42 Å². The molecule has 0 aliphatic carbocycles. The predicted octanol–water partition coefficient (Wildman–Crippen LogP) is -0.645. The minimum atomic E-state index is -1.44. The molecule has 1 amide bonds. The summed E-state index contributed by atoms with van der Waals surface area (Å²) in [7, 11) is 0. The summed E-state index contributed by atoms with van der Waals surface area (Å²) in [5.74, 6) is -3.09. The number of aliphatic carboxylic acids is 2. The number of amides is 1. The first-order valence-corrected chi connectivity index (χ1v) is 9.16. The van der Waals surface area contributed by atoms with Crippen LogP contribution in [0.5, 0.6) is 0 Å². The van der Waals surface area contributed by atoms with Crippen LogP contribution in [0.15, 0.2) is 0 Å². The number of rotatable bonds is 16. The van der Waals surface area contributed by atoms with Gasteiger partial charge in [0, 0.05) is 6.42 Å². The summed E-state index contributed by atoms with van der Waals surface area (Å²) in [4.78, 5) is 33.9. The van der Waals surface area contributed by atoms with Gasteiger partial charge in [-0.2, -0.15) is 0 Å². The molecule has 0 saturated heterocycles. The van der Waals surface area contributed by atoms with Gasteiger partial charge in [-0.3, -0.25) is 9.59 Å². The summed E-state index contributed by atoms with van der Waals surface area (Å²) < 4.78 is 0. The number of carbonyl (C=O) groups excluding carboxylic acids is 2. The molecule has 0 aliphatic heterocycles. The third-order valence-electron chi connectivity index (χ3n) is 3.99. The topological polar surface area (TPSA) is 97.7 Å². The number of hydrogen-bond acceptors (Lipinski definition) is 4. The molecule has 25 heavy (non-hydrogen) atoms. The third-order valence-corrected chi connectivity index (χ3v) is 3.99. The van der Waals surface area contributed by atoms with E-state index in [2.05, 4.69) is 6.92 Å². The maximum absolute atomic E-state index is 11.8. The van der Waals surface area contributed by atoms with Crippen LogP contribution < -0.4 is 56.5 Å². The maximum atomic E-state index is 11.8. The normalized spacial score (nSPS) is 10.1. The van der Waals surface area contributed by atoms with Crippen LogP contribution in [-0.2, 0) is 14.4 Å². The summed E-state index contributed by atoms with van der Waals surface area (Å²) in [6, 6.07) is 0. The molecule has 0 aromatic rings. The van der Waals surface area contributed by atoms with Crippen molar-refractivity contribution in [1.82, 2.24) is 4.90 Å². The number of nitrogens with zero attached hydrogens (tertiary/aromatic N) is 1. The SMILES string of the molecule is CCCCCCCCCCCCCC(=O)N(CC(=O)[O-])CC(=O)O.[K+]. The zero-order valence-corrected chi connectivity index (χ0v) is 19.1. The molecule has 0 atom stereocenters. The number of carboxylic acids is 2. The van der Waals surface area contributed by atoms with Crippen LogP contribution in [-0.4, -0.2) is 40.9 Å². The second kappa shape index (κ2) is 18.8. The molecule has 0 aliphatic rings. The van der Waals surface area contributed by atoms with Crippen LogP contribution in [0.1, 0.15) is 84.0 Å². The predicted molar refractivity (Wildman–Crippen MR) is 90.3 cm³/mol. The molecule has 0 rings (SSSR count). The molecule has 7 heteroatoms. The van der Waals surface area contributed by atoms with E-state index in [-0.39, 0.29) is 57.8 Å². The van der Waals surface area contributed by atoms with Crippen molar-refractivity contribution in [3.05, 3.63) is 0 Å². The molecule has 0 fully saturated rings. The first kappa shape index (κ1) is 27.3. The number of hydrogen-bond donors (Lipinski definition) is 1. The summed E-state index contributed by atoms with van der Waals surface area (Å²) in [6.45, 7) is 0.957. The van der Waals surface area contributed by atoms with Gasteiger partial charge in [0.1, 0.15) is 6.54 Å². The van der Waals surface area contributed by atoms with Crippen LogP contribution in [0, 0.1) is 0 Å². The number of carboxylic acid groups (broad SMARTS) is 2. The van der Waals surface area contributed by atoms with E-state index < -0.39 is 30.9 Å². The van der Waals surface area contributed by atoms with E-state index in [0.717, 1.165) is 24.2 Å². The first-order chi connectivity index (χ1) is 11.5. The van der Waals surface area contributed by atoms with Gasteiger partial charge in [-0.25, -0.2) is 0 Å². The Morgan fingerprint density at radius 3 is 1.64 bits per heavy atom. The smallest absolute Gasteiger partial charge is 0.548 e. The Hall–Kier alpha value is 0.0464. The Morgan fingerprint density at radius 2 is 1.24 bits per heavy atom. The van der Waals surface area contributed by atoms with Gasteiger partial charge in [-0.15, -0.1) is 0 Å². The van der Waals surface area contributed by atoms with Gasteiger partial charge in [0.2, 0.25) is 5.91 Å². The minimum absolute atomic E-state index is 0. The Balaban J connectivity index is 0. The van der Waals surface area contributed by atoms with Crippen LogP contribution in [0.3, 0.4) is 0 Å². The standard InChI is InChI=1S/C18H33NO5.K/c1-2-3-4-5-6-7-8-9-10-11-12-13-16(20)19(14-17(21)22)15-18(23)24;/h2-15H2,1H3,(H,21,22)(H,23,24);/q;+1/p-1. The molecule has 0 heterocycles. The molecule has 140 valence electrons. The first-order valence-electron chi connectivity index (χ1n) is 9.16. The fraction of sp³-hybridized carbons (Fsp3) is 0.833. The van der Waals surface area contributed by atoms with Crippen molar-refractivity contribution in [2.24, 2.45) is 0 Å². The number of carbonyl (C=O) groups is 3. The van der Waals surface area contributed by atoms with Crippen LogP contribution in [0.2, 0.25) is 0 Å². The van der Waals surface area contributed by atoms with Gasteiger partial charge in [0.05, 0.1) is 12.5 Å². The summed E-state index contributed by atoms with van der Waals surface area (Å²) >= 11 is 0. The Labute approximate surface area is 194 Å². The fourth-order valence-electron chi connectivity index (χ4n) is 2.65. The van der Waals surface area contributed by atoms with Crippen LogP contribution in [0.4, 0.5) is 0 Å². The average Bonchev–Trinajstić information content (AvgIpc) is 2.50. The van der Waals surface area contributed by atoms with Gasteiger partial charge < -0.3 is 19.9 Å². The van der Waals surface area contributed by atoms with Gasteiger partial charge in [-0.1, -0.05) is 71.1 Å². The third kappa shape index (κ3) is 18.6. The van der Waals surface area contributed by atoms with E-state index in [1.54, 1.807) is 0 Å². The molecule has 1 N–H and O–H groups in total. The molecular weight excluding hydrogens is 349 g/mol. The quantitative estimate of drug-likeness (QED) is 0.283. The second-order valence-electron chi connectivity index (χ2n) is 6.30. The van der Waals surface area contributed by atoms with Gasteiger partial charge in [0.15, 0.2) is 0 Å². The van der Waals surface area contributed by atoms with E-state index in [4.69, 9.17) is 5.11 Å². The molecular formula is C18H32KNO5.